The highest BCUT2D eigenvalue weighted by Crippen LogP contribution is 2.14. The van der Waals surface area contributed by atoms with E-state index in [1.165, 1.54) is 0 Å². The van der Waals surface area contributed by atoms with Crippen LogP contribution in [-0.4, -0.2) is 27.7 Å². The van der Waals surface area contributed by atoms with Crippen LogP contribution in [0.2, 0.25) is 0 Å². The summed E-state index contributed by atoms with van der Waals surface area (Å²) >= 11 is 1.54. The van der Waals surface area contributed by atoms with E-state index >= 15 is 0 Å². The Kier molecular flexibility index (Phi) is 6.01. The van der Waals surface area contributed by atoms with Gasteiger partial charge in [-0.05, 0) is 30.7 Å². The summed E-state index contributed by atoms with van der Waals surface area (Å²) in [4.78, 5) is 29.5. The van der Waals surface area contributed by atoms with Gasteiger partial charge in [-0.3, -0.25) is 14.0 Å². The van der Waals surface area contributed by atoms with Gasteiger partial charge in [-0.25, -0.2) is 4.98 Å². The Morgan fingerprint density at radius 3 is 2.77 bits per heavy atom. The van der Waals surface area contributed by atoms with Gasteiger partial charge < -0.3 is 10.1 Å². The quantitative estimate of drug-likeness (QED) is 0.585. The smallest absolute Gasteiger partial charge is 0.220 e. The molecule has 0 aliphatic rings. The zero-order valence-electron chi connectivity index (χ0n) is 14.6. The van der Waals surface area contributed by atoms with Crippen molar-refractivity contribution in [3.8, 4) is 5.75 Å². The molecule has 0 unspecified atom stereocenters. The van der Waals surface area contributed by atoms with E-state index in [0.29, 0.717) is 18.7 Å². The number of ketones is 1. The lowest BCUT2D eigenvalue weighted by atomic mass is 10.1. The number of imidazole rings is 1. The fourth-order valence-electron chi connectivity index (χ4n) is 2.47. The molecule has 0 atom stereocenters. The van der Waals surface area contributed by atoms with Gasteiger partial charge >= 0.3 is 0 Å². The maximum atomic E-state index is 12.2. The van der Waals surface area contributed by atoms with Gasteiger partial charge in [0.1, 0.15) is 5.75 Å². The maximum absolute atomic E-state index is 12.2. The lowest BCUT2D eigenvalue weighted by molar-refractivity contribution is -0.121. The van der Waals surface area contributed by atoms with Crippen molar-refractivity contribution in [3.05, 3.63) is 53.3 Å². The van der Waals surface area contributed by atoms with Crippen molar-refractivity contribution in [1.82, 2.24) is 14.7 Å². The van der Waals surface area contributed by atoms with E-state index in [-0.39, 0.29) is 24.5 Å². The molecule has 0 bridgehead atoms. The second-order valence-electron chi connectivity index (χ2n) is 5.90. The summed E-state index contributed by atoms with van der Waals surface area (Å²) in [6.07, 6.45) is 5.09. The van der Waals surface area contributed by atoms with E-state index in [9.17, 15) is 9.59 Å². The largest absolute Gasteiger partial charge is 0.494 e. The number of rotatable bonds is 9. The average Bonchev–Trinajstić information content (AvgIpc) is 3.25. The molecule has 7 heteroatoms. The minimum atomic E-state index is -0.155. The predicted octanol–water partition coefficient (Wildman–Crippen LogP) is 3.46. The Balaban J connectivity index is 1.43. The zero-order chi connectivity index (χ0) is 18.4. The molecule has 136 valence electrons. The Bertz CT molecular complexity index is 854. The van der Waals surface area contributed by atoms with Crippen LogP contribution < -0.4 is 10.1 Å². The summed E-state index contributed by atoms with van der Waals surface area (Å²) in [6, 6.07) is 7.05. The number of amides is 1. The Hall–Kier alpha value is -2.67. The van der Waals surface area contributed by atoms with Gasteiger partial charge in [-0.2, -0.15) is 0 Å². The molecule has 2 aromatic heterocycles. The Morgan fingerprint density at radius 1 is 1.23 bits per heavy atom. The number of thiazole rings is 1. The molecule has 3 aromatic rings. The molecule has 0 aliphatic heterocycles. The number of Topliss-reactive ketones (excluding diaryl/α,β-unsaturated/α-hetero) is 1. The van der Waals surface area contributed by atoms with Crippen LogP contribution in [0.15, 0.2) is 42.0 Å². The molecule has 1 amide bonds. The molecule has 0 radical (unpaired) electrons. The molecule has 0 fully saturated rings. The van der Waals surface area contributed by atoms with Crippen molar-refractivity contribution in [3.63, 3.8) is 0 Å². The number of benzene rings is 1. The van der Waals surface area contributed by atoms with Crippen molar-refractivity contribution < 1.29 is 14.3 Å². The first-order chi connectivity index (χ1) is 12.7. The van der Waals surface area contributed by atoms with Crippen molar-refractivity contribution >= 4 is 28.0 Å². The number of aromatic nitrogens is 2. The first-order valence-electron chi connectivity index (χ1n) is 8.59. The van der Waals surface area contributed by atoms with Crippen LogP contribution in [0.25, 0.3) is 4.96 Å². The third kappa shape index (κ3) is 4.70. The van der Waals surface area contributed by atoms with E-state index in [2.05, 4.69) is 10.3 Å². The summed E-state index contributed by atoms with van der Waals surface area (Å²) < 4.78 is 7.42. The standard InChI is InChI=1S/C19H21N3O3S/c1-2-10-25-16-5-3-14(4-6-16)17(23)7-8-18(24)20-12-15-13-22-9-11-26-19(22)21-15/h3-6,9,11,13H,2,7-8,10,12H2,1H3,(H,20,24). The lowest BCUT2D eigenvalue weighted by Gasteiger charge is -2.06. The minimum absolute atomic E-state index is 0.0512. The highest BCUT2D eigenvalue weighted by Gasteiger charge is 2.10. The number of carbonyl (C=O) groups excluding carboxylic acids is 2. The van der Waals surface area contributed by atoms with Crippen LogP contribution in [-0.2, 0) is 11.3 Å². The van der Waals surface area contributed by atoms with E-state index in [1.54, 1.807) is 35.6 Å². The van der Waals surface area contributed by atoms with Crippen molar-refractivity contribution in [2.75, 3.05) is 6.61 Å². The molecule has 3 rings (SSSR count). The first-order valence-corrected chi connectivity index (χ1v) is 9.47. The lowest BCUT2D eigenvalue weighted by Crippen LogP contribution is -2.23. The van der Waals surface area contributed by atoms with E-state index in [1.807, 2.05) is 29.1 Å². The van der Waals surface area contributed by atoms with Crippen LogP contribution in [0.3, 0.4) is 0 Å². The number of carbonyl (C=O) groups is 2. The summed E-state index contributed by atoms with van der Waals surface area (Å²) in [6.45, 7) is 3.06. The van der Waals surface area contributed by atoms with Crippen molar-refractivity contribution in [2.24, 2.45) is 0 Å². The molecule has 0 aliphatic carbocycles. The molecule has 0 saturated heterocycles. The second kappa shape index (κ2) is 8.62. The van der Waals surface area contributed by atoms with Crippen molar-refractivity contribution in [1.29, 1.82) is 0 Å². The summed E-state index contributed by atoms with van der Waals surface area (Å²) in [5, 5.41) is 4.76. The molecule has 26 heavy (non-hydrogen) atoms. The molecule has 1 N–H and O–H groups in total. The minimum Gasteiger partial charge on any atom is -0.494 e. The fraction of sp³-hybridized carbons (Fsp3) is 0.316. The molecular weight excluding hydrogens is 350 g/mol. The average molecular weight is 371 g/mol. The van der Waals surface area contributed by atoms with Crippen LogP contribution in [0.1, 0.15) is 42.2 Å². The van der Waals surface area contributed by atoms with E-state index in [0.717, 1.165) is 22.8 Å². The zero-order valence-corrected chi connectivity index (χ0v) is 15.4. The first kappa shape index (κ1) is 18.1. The van der Waals surface area contributed by atoms with Crippen LogP contribution in [0.4, 0.5) is 0 Å². The number of nitrogens with zero attached hydrogens (tertiary/aromatic N) is 2. The van der Waals surface area contributed by atoms with Gasteiger partial charge in [0.2, 0.25) is 5.91 Å². The Labute approximate surface area is 155 Å². The normalized spacial score (nSPS) is 10.8. The van der Waals surface area contributed by atoms with Crippen LogP contribution in [0, 0.1) is 0 Å². The summed E-state index contributed by atoms with van der Waals surface area (Å²) in [7, 11) is 0. The number of ether oxygens (including phenoxy) is 1. The van der Waals surface area contributed by atoms with Crippen LogP contribution in [0.5, 0.6) is 5.75 Å². The number of hydrogen-bond acceptors (Lipinski definition) is 5. The van der Waals surface area contributed by atoms with E-state index in [4.69, 9.17) is 4.74 Å². The molecule has 1 aromatic carbocycles. The monoisotopic (exact) mass is 371 g/mol. The van der Waals surface area contributed by atoms with Gasteiger partial charge in [-0.1, -0.05) is 6.92 Å². The molecule has 0 saturated carbocycles. The molecular formula is C19H21N3O3S. The fourth-order valence-corrected chi connectivity index (χ4v) is 3.19. The molecule has 6 nitrogen and oxygen atoms in total. The van der Waals surface area contributed by atoms with Gasteiger partial charge in [-0.15, -0.1) is 11.3 Å². The highest BCUT2D eigenvalue weighted by atomic mass is 32.1. The topological polar surface area (TPSA) is 72.7 Å². The SMILES string of the molecule is CCCOc1ccc(C(=O)CCC(=O)NCc2cn3ccsc3n2)cc1. The predicted molar refractivity (Wildman–Crippen MR) is 101 cm³/mol. The number of nitrogens with one attached hydrogen (secondary N) is 1. The van der Waals surface area contributed by atoms with Gasteiger partial charge in [0.05, 0.1) is 18.8 Å². The molecule has 0 spiro atoms. The van der Waals surface area contributed by atoms with E-state index < -0.39 is 0 Å². The number of hydrogen-bond donors (Lipinski definition) is 1. The van der Waals surface area contributed by atoms with Gasteiger partial charge in [0, 0.05) is 36.2 Å². The third-order valence-electron chi connectivity index (χ3n) is 3.84. The second-order valence-corrected chi connectivity index (χ2v) is 6.77. The van der Waals surface area contributed by atoms with Crippen molar-refractivity contribution in [2.45, 2.75) is 32.7 Å². The summed E-state index contributed by atoms with van der Waals surface area (Å²) in [5.74, 6) is 0.545. The highest BCUT2D eigenvalue weighted by molar-refractivity contribution is 7.15. The van der Waals surface area contributed by atoms with Gasteiger partial charge in [0.15, 0.2) is 10.7 Å². The third-order valence-corrected chi connectivity index (χ3v) is 4.61. The Morgan fingerprint density at radius 2 is 2.04 bits per heavy atom. The van der Waals surface area contributed by atoms with Crippen LogP contribution >= 0.6 is 11.3 Å². The van der Waals surface area contributed by atoms with Gasteiger partial charge in [0.25, 0.3) is 0 Å². The molecule has 2 heterocycles. The maximum Gasteiger partial charge on any atom is 0.220 e. The number of fused-ring (bicyclic) bond motifs is 1. The summed E-state index contributed by atoms with van der Waals surface area (Å²) in [5.41, 5.74) is 1.40.